The van der Waals surface area contributed by atoms with Gasteiger partial charge in [-0.2, -0.15) is 0 Å². The van der Waals surface area contributed by atoms with Crippen molar-refractivity contribution >= 4 is 34.8 Å². The van der Waals surface area contributed by atoms with Gasteiger partial charge in [0.2, 0.25) is 11.8 Å². The van der Waals surface area contributed by atoms with Gasteiger partial charge in [0.05, 0.1) is 24.0 Å². The molecule has 0 spiro atoms. The van der Waals surface area contributed by atoms with Gasteiger partial charge in [-0.15, -0.1) is 11.3 Å². The Hall–Kier alpha value is -1.11. The lowest BCUT2D eigenvalue weighted by atomic mass is 10.3. The maximum atomic E-state index is 11.8. The first kappa shape index (κ1) is 15.9. The van der Waals surface area contributed by atoms with E-state index < -0.39 is 5.91 Å². The normalized spacial score (nSPS) is 11.0. The number of hydrogen-bond donors (Lipinski definition) is 2. The number of thiophene rings is 1. The molecule has 0 aromatic carbocycles. The van der Waals surface area contributed by atoms with E-state index in [0.29, 0.717) is 10.9 Å². The van der Waals surface area contributed by atoms with E-state index in [-0.39, 0.29) is 25.0 Å². The lowest BCUT2D eigenvalue weighted by Gasteiger charge is -2.24. The predicted molar refractivity (Wildman–Crippen MR) is 77.1 cm³/mol. The van der Waals surface area contributed by atoms with Crippen LogP contribution in [0.3, 0.4) is 0 Å². The van der Waals surface area contributed by atoms with Crippen LogP contribution in [0.2, 0.25) is 4.34 Å². The molecule has 7 heteroatoms. The molecule has 0 bridgehead atoms. The number of nitrogens with zero attached hydrogens (tertiary/aromatic N) is 1. The van der Waals surface area contributed by atoms with Crippen LogP contribution in [0, 0.1) is 0 Å². The Morgan fingerprint density at radius 1 is 1.42 bits per heavy atom. The third kappa shape index (κ3) is 6.04. The van der Waals surface area contributed by atoms with E-state index in [1.54, 1.807) is 11.0 Å². The summed E-state index contributed by atoms with van der Waals surface area (Å²) in [6, 6.07) is 3.74. The van der Waals surface area contributed by atoms with Gasteiger partial charge in [0.1, 0.15) is 0 Å². The van der Waals surface area contributed by atoms with Crippen LogP contribution in [0.1, 0.15) is 18.7 Å². The zero-order valence-corrected chi connectivity index (χ0v) is 12.6. The summed E-state index contributed by atoms with van der Waals surface area (Å²) in [6.07, 6.45) is 0. The van der Waals surface area contributed by atoms with Gasteiger partial charge in [-0.1, -0.05) is 11.6 Å². The Bertz CT molecular complexity index is 448. The van der Waals surface area contributed by atoms with Crippen LogP contribution in [-0.2, 0) is 16.1 Å². The minimum atomic E-state index is -0.438. The number of rotatable bonds is 7. The summed E-state index contributed by atoms with van der Waals surface area (Å²) >= 11 is 7.23. The molecule has 3 N–H and O–H groups in total. The number of hydrogen-bond acceptors (Lipinski definition) is 4. The first-order valence-electron chi connectivity index (χ1n) is 5.91. The maximum Gasteiger partial charge on any atom is 0.234 e. The van der Waals surface area contributed by atoms with Gasteiger partial charge in [0.15, 0.2) is 0 Å². The van der Waals surface area contributed by atoms with Crippen LogP contribution in [0.15, 0.2) is 12.1 Å². The molecule has 1 heterocycles. The van der Waals surface area contributed by atoms with Gasteiger partial charge >= 0.3 is 0 Å². The summed E-state index contributed by atoms with van der Waals surface area (Å²) in [5, 5.41) is 2.79. The zero-order valence-electron chi connectivity index (χ0n) is 11.0. The van der Waals surface area contributed by atoms with Crippen molar-refractivity contribution < 1.29 is 9.59 Å². The van der Waals surface area contributed by atoms with Crippen molar-refractivity contribution in [3.05, 3.63) is 21.3 Å². The summed E-state index contributed by atoms with van der Waals surface area (Å²) in [5.41, 5.74) is 5.15. The third-order valence-corrected chi connectivity index (χ3v) is 3.76. The number of nitrogens with one attached hydrogen (secondary N) is 1. The van der Waals surface area contributed by atoms with E-state index in [4.69, 9.17) is 17.3 Å². The van der Waals surface area contributed by atoms with Gasteiger partial charge in [-0.05, 0) is 26.0 Å². The quantitative estimate of drug-likeness (QED) is 0.795. The molecule has 0 atom stereocenters. The predicted octanol–water partition coefficient (Wildman–Crippen LogP) is 1.21. The number of nitrogens with two attached hydrogens (primary N) is 1. The van der Waals surface area contributed by atoms with Gasteiger partial charge in [0, 0.05) is 10.9 Å². The number of halogens is 1. The molecule has 0 radical (unpaired) electrons. The van der Waals surface area contributed by atoms with E-state index in [1.165, 1.54) is 11.3 Å². The molecule has 0 fully saturated rings. The van der Waals surface area contributed by atoms with E-state index in [2.05, 4.69) is 5.32 Å². The lowest BCUT2D eigenvalue weighted by molar-refractivity contribution is -0.124. The van der Waals surface area contributed by atoms with Crippen LogP contribution < -0.4 is 11.1 Å². The highest BCUT2D eigenvalue weighted by atomic mass is 35.5. The van der Waals surface area contributed by atoms with Gasteiger partial charge < -0.3 is 11.1 Å². The molecule has 19 heavy (non-hydrogen) atoms. The van der Waals surface area contributed by atoms with Crippen molar-refractivity contribution in [2.24, 2.45) is 5.73 Å². The smallest absolute Gasteiger partial charge is 0.234 e. The second kappa shape index (κ2) is 7.47. The molecule has 1 aromatic heterocycles. The largest absolute Gasteiger partial charge is 0.369 e. The summed E-state index contributed by atoms with van der Waals surface area (Å²) < 4.78 is 0.696. The van der Waals surface area contributed by atoms with Crippen LogP contribution in [0.4, 0.5) is 0 Å². The van der Waals surface area contributed by atoms with Crippen molar-refractivity contribution in [1.82, 2.24) is 10.2 Å². The SMILES string of the molecule is CC(C)N(CC(N)=O)CC(=O)NCc1ccc(Cl)s1. The Labute approximate surface area is 121 Å². The molecule has 1 aromatic rings. The molecule has 0 saturated carbocycles. The van der Waals surface area contributed by atoms with E-state index in [0.717, 1.165) is 4.88 Å². The highest BCUT2D eigenvalue weighted by molar-refractivity contribution is 7.16. The highest BCUT2D eigenvalue weighted by Crippen LogP contribution is 2.20. The molecule has 1 rings (SSSR count). The van der Waals surface area contributed by atoms with E-state index in [9.17, 15) is 9.59 Å². The maximum absolute atomic E-state index is 11.8. The fourth-order valence-corrected chi connectivity index (χ4v) is 2.52. The molecule has 5 nitrogen and oxygen atoms in total. The number of carbonyl (C=O) groups is 2. The second-order valence-corrected chi connectivity index (χ2v) is 6.25. The molecule has 0 saturated heterocycles. The second-order valence-electron chi connectivity index (χ2n) is 4.45. The van der Waals surface area contributed by atoms with Crippen molar-refractivity contribution in [3.8, 4) is 0 Å². The molecular formula is C12H18ClN3O2S. The number of carbonyl (C=O) groups excluding carboxylic acids is 2. The summed E-state index contributed by atoms with van der Waals surface area (Å²) in [7, 11) is 0. The average molecular weight is 304 g/mol. The third-order valence-electron chi connectivity index (χ3n) is 2.52. The standard InChI is InChI=1S/C12H18ClN3O2S/c1-8(2)16(6-11(14)17)7-12(18)15-5-9-3-4-10(13)19-9/h3-4,8H,5-7H2,1-2H3,(H2,14,17)(H,15,18). The van der Waals surface area contributed by atoms with Crippen LogP contribution in [-0.4, -0.2) is 35.8 Å². The zero-order chi connectivity index (χ0) is 14.4. The van der Waals surface area contributed by atoms with Gasteiger partial charge in [0.25, 0.3) is 0 Å². The fraction of sp³-hybridized carbons (Fsp3) is 0.500. The lowest BCUT2D eigenvalue weighted by Crippen LogP contribution is -2.44. The molecule has 106 valence electrons. The van der Waals surface area contributed by atoms with Crippen molar-refractivity contribution in [2.75, 3.05) is 13.1 Å². The first-order chi connectivity index (χ1) is 8.88. The monoisotopic (exact) mass is 303 g/mol. The van der Waals surface area contributed by atoms with Gasteiger partial charge in [-0.3, -0.25) is 14.5 Å². The topological polar surface area (TPSA) is 75.4 Å². The molecule has 0 aliphatic heterocycles. The minimum absolute atomic E-state index is 0.0782. The van der Waals surface area contributed by atoms with E-state index >= 15 is 0 Å². The van der Waals surface area contributed by atoms with Crippen molar-refractivity contribution in [3.63, 3.8) is 0 Å². The van der Waals surface area contributed by atoms with Crippen LogP contribution in [0.25, 0.3) is 0 Å². The van der Waals surface area contributed by atoms with Crippen LogP contribution >= 0.6 is 22.9 Å². The van der Waals surface area contributed by atoms with Crippen LogP contribution in [0.5, 0.6) is 0 Å². The van der Waals surface area contributed by atoms with Crippen molar-refractivity contribution in [1.29, 1.82) is 0 Å². The summed E-state index contributed by atoms with van der Waals surface area (Å²) in [4.78, 5) is 25.4. The van der Waals surface area contributed by atoms with E-state index in [1.807, 2.05) is 19.9 Å². The molecule has 0 unspecified atom stereocenters. The Morgan fingerprint density at radius 3 is 2.58 bits per heavy atom. The summed E-state index contributed by atoms with van der Waals surface area (Å²) in [6.45, 7) is 4.50. The van der Waals surface area contributed by atoms with Gasteiger partial charge in [-0.25, -0.2) is 0 Å². The molecule has 2 amide bonds. The summed E-state index contributed by atoms with van der Waals surface area (Å²) in [5.74, 6) is -0.578. The first-order valence-corrected chi connectivity index (χ1v) is 7.11. The fourth-order valence-electron chi connectivity index (χ4n) is 1.49. The highest BCUT2D eigenvalue weighted by Gasteiger charge is 2.15. The minimum Gasteiger partial charge on any atom is -0.369 e. The molecule has 0 aliphatic carbocycles. The number of amides is 2. The van der Waals surface area contributed by atoms with Crippen molar-refractivity contribution in [2.45, 2.75) is 26.4 Å². The Balaban J connectivity index is 2.42. The number of primary amides is 1. The Morgan fingerprint density at radius 2 is 2.11 bits per heavy atom. The molecule has 0 aliphatic rings. The Kier molecular flexibility index (Phi) is 6.27. The molecular weight excluding hydrogens is 286 g/mol. The average Bonchev–Trinajstić information content (AvgIpc) is 2.71.